The van der Waals surface area contributed by atoms with E-state index in [2.05, 4.69) is 15.6 Å². The second-order valence-electron chi connectivity index (χ2n) is 5.92. The van der Waals surface area contributed by atoms with Gasteiger partial charge in [-0.15, -0.1) is 24.0 Å². The molecular weight excluding hydrogens is 471 g/mol. The Morgan fingerprint density at radius 2 is 1.93 bits per heavy atom. The number of hydrogen-bond acceptors (Lipinski definition) is 4. The maximum atomic E-state index is 12.1. The molecule has 7 nitrogen and oxygen atoms in total. The molecule has 0 saturated heterocycles. The summed E-state index contributed by atoms with van der Waals surface area (Å²) in [6.07, 6.45) is 1.25. The number of nitrogens with zero attached hydrogens (tertiary/aromatic N) is 2. The van der Waals surface area contributed by atoms with Crippen LogP contribution in [0.15, 0.2) is 29.3 Å². The maximum Gasteiger partial charge on any atom is 0.224 e. The Labute approximate surface area is 186 Å². The lowest BCUT2D eigenvalue weighted by Crippen LogP contribution is -2.32. The SMILES string of the molecule is CCNC(=NCCC(=O)N(CC)CC)Nc1cccc(OCCCOC)c1.I. The predicted molar refractivity (Wildman–Crippen MR) is 126 cm³/mol. The summed E-state index contributed by atoms with van der Waals surface area (Å²) < 4.78 is 10.7. The number of amides is 1. The van der Waals surface area contributed by atoms with Crippen LogP contribution in [-0.4, -0.2) is 63.3 Å². The van der Waals surface area contributed by atoms with Crippen LogP contribution >= 0.6 is 24.0 Å². The number of ether oxygens (including phenoxy) is 2. The summed E-state index contributed by atoms with van der Waals surface area (Å²) in [6.45, 7) is 9.92. The van der Waals surface area contributed by atoms with Gasteiger partial charge in [0.15, 0.2) is 5.96 Å². The summed E-state index contributed by atoms with van der Waals surface area (Å²) in [6, 6.07) is 7.74. The highest BCUT2D eigenvalue weighted by Crippen LogP contribution is 2.17. The van der Waals surface area contributed by atoms with Crippen molar-refractivity contribution in [2.75, 3.05) is 51.8 Å². The molecule has 0 bridgehead atoms. The van der Waals surface area contributed by atoms with Gasteiger partial charge in [-0.1, -0.05) is 6.07 Å². The van der Waals surface area contributed by atoms with Gasteiger partial charge < -0.3 is 25.0 Å². The highest BCUT2D eigenvalue weighted by Gasteiger charge is 2.08. The zero-order valence-electron chi connectivity index (χ0n) is 17.5. The van der Waals surface area contributed by atoms with Crippen molar-refractivity contribution < 1.29 is 14.3 Å². The fourth-order valence-electron chi connectivity index (χ4n) is 2.50. The normalized spacial score (nSPS) is 10.8. The van der Waals surface area contributed by atoms with E-state index in [9.17, 15) is 4.79 Å². The summed E-state index contributed by atoms with van der Waals surface area (Å²) in [5.41, 5.74) is 0.883. The Kier molecular flexibility index (Phi) is 15.5. The summed E-state index contributed by atoms with van der Waals surface area (Å²) in [5.74, 6) is 1.58. The quantitative estimate of drug-likeness (QED) is 0.197. The van der Waals surface area contributed by atoms with Crippen LogP contribution in [0.3, 0.4) is 0 Å². The molecule has 1 rings (SSSR count). The molecule has 1 aromatic carbocycles. The second kappa shape index (κ2) is 16.4. The van der Waals surface area contributed by atoms with Gasteiger partial charge in [-0.2, -0.15) is 0 Å². The Morgan fingerprint density at radius 1 is 1.18 bits per heavy atom. The fraction of sp³-hybridized carbons (Fsp3) is 0.600. The van der Waals surface area contributed by atoms with Gasteiger partial charge in [-0.05, 0) is 32.9 Å². The maximum absolute atomic E-state index is 12.1. The van der Waals surface area contributed by atoms with Crippen LogP contribution in [0.1, 0.15) is 33.6 Å². The van der Waals surface area contributed by atoms with Gasteiger partial charge >= 0.3 is 0 Å². The zero-order chi connectivity index (χ0) is 19.9. The third-order valence-electron chi connectivity index (χ3n) is 3.91. The molecular formula is C20H35IN4O3. The molecule has 8 heteroatoms. The van der Waals surface area contributed by atoms with Gasteiger partial charge in [0.05, 0.1) is 13.2 Å². The van der Waals surface area contributed by atoms with Crippen molar-refractivity contribution in [3.63, 3.8) is 0 Å². The van der Waals surface area contributed by atoms with E-state index < -0.39 is 0 Å². The molecule has 2 N–H and O–H groups in total. The molecule has 1 amide bonds. The standard InChI is InChI=1S/C20H34N4O3.HI/c1-5-21-20(22-13-12-19(25)24(6-2)7-3)23-17-10-8-11-18(16-17)27-15-9-14-26-4;/h8,10-11,16H,5-7,9,12-15H2,1-4H3,(H2,21,22,23);1H. The van der Waals surface area contributed by atoms with E-state index >= 15 is 0 Å². The van der Waals surface area contributed by atoms with Gasteiger partial charge in [0.2, 0.25) is 5.91 Å². The first-order chi connectivity index (χ1) is 13.1. The lowest BCUT2D eigenvalue weighted by Gasteiger charge is -2.18. The van der Waals surface area contributed by atoms with E-state index in [0.29, 0.717) is 32.1 Å². The van der Waals surface area contributed by atoms with Crippen LogP contribution in [0.5, 0.6) is 5.75 Å². The van der Waals surface area contributed by atoms with Crippen LogP contribution in [0.25, 0.3) is 0 Å². The van der Waals surface area contributed by atoms with Crippen LogP contribution in [-0.2, 0) is 9.53 Å². The lowest BCUT2D eigenvalue weighted by molar-refractivity contribution is -0.130. The number of benzene rings is 1. The van der Waals surface area contributed by atoms with Crippen LogP contribution in [0.2, 0.25) is 0 Å². The monoisotopic (exact) mass is 506 g/mol. The molecule has 0 spiro atoms. The topological polar surface area (TPSA) is 75.2 Å². The van der Waals surface area contributed by atoms with Crippen molar-refractivity contribution in [1.29, 1.82) is 0 Å². The van der Waals surface area contributed by atoms with E-state index in [1.54, 1.807) is 7.11 Å². The van der Waals surface area contributed by atoms with Crippen molar-refractivity contribution in [2.24, 2.45) is 4.99 Å². The number of halogens is 1. The molecule has 0 aliphatic rings. The molecule has 0 aliphatic carbocycles. The molecule has 0 aromatic heterocycles. The third-order valence-corrected chi connectivity index (χ3v) is 3.91. The van der Waals surface area contributed by atoms with Gasteiger partial charge in [0, 0.05) is 57.9 Å². The van der Waals surface area contributed by atoms with Crippen molar-refractivity contribution in [3.8, 4) is 5.75 Å². The van der Waals surface area contributed by atoms with E-state index in [4.69, 9.17) is 9.47 Å². The molecule has 28 heavy (non-hydrogen) atoms. The number of methoxy groups -OCH3 is 1. The first-order valence-electron chi connectivity index (χ1n) is 9.69. The molecule has 0 atom stereocenters. The fourth-order valence-corrected chi connectivity index (χ4v) is 2.50. The van der Waals surface area contributed by atoms with E-state index in [1.807, 2.05) is 49.9 Å². The minimum Gasteiger partial charge on any atom is -0.493 e. The highest BCUT2D eigenvalue weighted by atomic mass is 127. The first-order valence-corrected chi connectivity index (χ1v) is 9.69. The van der Waals surface area contributed by atoms with Crippen molar-refractivity contribution in [2.45, 2.75) is 33.6 Å². The van der Waals surface area contributed by atoms with Gasteiger partial charge in [-0.3, -0.25) is 9.79 Å². The van der Waals surface area contributed by atoms with Crippen molar-refractivity contribution in [1.82, 2.24) is 10.2 Å². The van der Waals surface area contributed by atoms with E-state index in [0.717, 1.165) is 37.5 Å². The van der Waals surface area contributed by atoms with E-state index in [-0.39, 0.29) is 29.9 Å². The number of anilines is 1. The number of hydrogen-bond donors (Lipinski definition) is 2. The molecule has 0 aliphatic heterocycles. The largest absolute Gasteiger partial charge is 0.493 e. The molecule has 0 saturated carbocycles. The molecule has 0 radical (unpaired) electrons. The Morgan fingerprint density at radius 3 is 2.57 bits per heavy atom. The number of aliphatic imine (C=N–C) groups is 1. The van der Waals surface area contributed by atoms with Crippen LogP contribution in [0.4, 0.5) is 5.69 Å². The zero-order valence-corrected chi connectivity index (χ0v) is 19.8. The summed E-state index contributed by atoms with van der Waals surface area (Å²) >= 11 is 0. The predicted octanol–water partition coefficient (Wildman–Crippen LogP) is 3.36. The Hall–Kier alpha value is -1.55. The number of carbonyl (C=O) groups is 1. The molecule has 0 unspecified atom stereocenters. The summed E-state index contributed by atoms with van der Waals surface area (Å²) in [7, 11) is 1.68. The number of nitrogens with one attached hydrogen (secondary N) is 2. The summed E-state index contributed by atoms with van der Waals surface area (Å²) in [5, 5.41) is 6.46. The van der Waals surface area contributed by atoms with Gasteiger partial charge in [0.25, 0.3) is 0 Å². The molecule has 0 fully saturated rings. The van der Waals surface area contributed by atoms with Crippen LogP contribution in [0, 0.1) is 0 Å². The van der Waals surface area contributed by atoms with Gasteiger partial charge in [0.1, 0.15) is 5.75 Å². The van der Waals surface area contributed by atoms with Crippen molar-refractivity contribution >= 4 is 41.5 Å². The average molecular weight is 506 g/mol. The minimum absolute atomic E-state index is 0. The molecule has 1 aromatic rings. The summed E-state index contributed by atoms with van der Waals surface area (Å²) in [4.78, 5) is 18.4. The first kappa shape index (κ1) is 26.4. The number of carbonyl (C=O) groups excluding carboxylic acids is 1. The Balaban J connectivity index is 0.00000729. The molecule has 160 valence electrons. The lowest BCUT2D eigenvalue weighted by atomic mass is 10.3. The number of guanidine groups is 1. The second-order valence-corrected chi connectivity index (χ2v) is 5.92. The minimum atomic E-state index is 0. The average Bonchev–Trinajstić information content (AvgIpc) is 2.67. The third kappa shape index (κ3) is 10.7. The van der Waals surface area contributed by atoms with E-state index in [1.165, 1.54) is 0 Å². The number of rotatable bonds is 12. The van der Waals surface area contributed by atoms with Crippen molar-refractivity contribution in [3.05, 3.63) is 24.3 Å². The highest BCUT2D eigenvalue weighted by molar-refractivity contribution is 14.0. The van der Waals surface area contributed by atoms with Crippen LogP contribution < -0.4 is 15.4 Å². The Bertz CT molecular complexity index is 580. The smallest absolute Gasteiger partial charge is 0.224 e. The molecule has 0 heterocycles. The van der Waals surface area contributed by atoms with Gasteiger partial charge in [-0.25, -0.2) is 0 Å².